The van der Waals surface area contributed by atoms with Gasteiger partial charge in [0.25, 0.3) is 10.0 Å². The van der Waals surface area contributed by atoms with Gasteiger partial charge in [0.1, 0.15) is 0 Å². The van der Waals surface area contributed by atoms with Crippen LogP contribution in [0.25, 0.3) is 0 Å². The summed E-state index contributed by atoms with van der Waals surface area (Å²) in [5.74, 6) is -1.10. The van der Waals surface area contributed by atoms with E-state index in [9.17, 15) is 18.3 Å². The molecule has 0 bridgehead atoms. The SMILES string of the molecule is Cc1cccc(N2CCN(c3ccc(NS(=O)(=O)c4ccc(C)cc4C)cc3C(=O)O)C[C@H]2C)c1. The highest BCUT2D eigenvalue weighted by atomic mass is 32.2. The molecule has 7 nitrogen and oxygen atoms in total. The quantitative estimate of drug-likeness (QED) is 0.511. The van der Waals surface area contributed by atoms with Crippen LogP contribution in [0.3, 0.4) is 0 Å². The third-order valence-corrected chi connectivity index (χ3v) is 7.94. The third-order valence-electron chi connectivity index (χ3n) is 6.40. The summed E-state index contributed by atoms with van der Waals surface area (Å²) in [4.78, 5) is 16.7. The highest BCUT2D eigenvalue weighted by Crippen LogP contribution is 2.30. The van der Waals surface area contributed by atoms with E-state index in [-0.39, 0.29) is 22.2 Å². The average molecular weight is 494 g/mol. The smallest absolute Gasteiger partial charge is 0.337 e. The fraction of sp³-hybridized carbons (Fsp3) is 0.296. The van der Waals surface area contributed by atoms with Gasteiger partial charge in [0.15, 0.2) is 0 Å². The van der Waals surface area contributed by atoms with Crippen LogP contribution in [0, 0.1) is 20.8 Å². The molecule has 0 saturated carbocycles. The minimum Gasteiger partial charge on any atom is -0.478 e. The lowest BCUT2D eigenvalue weighted by molar-refractivity contribution is 0.0697. The Kier molecular flexibility index (Phi) is 6.76. The van der Waals surface area contributed by atoms with E-state index in [1.54, 1.807) is 37.3 Å². The first-order valence-corrected chi connectivity index (χ1v) is 13.1. The number of sulfonamides is 1. The Bertz CT molecular complexity index is 1370. The first kappa shape index (κ1) is 24.6. The van der Waals surface area contributed by atoms with E-state index in [1.807, 2.05) is 13.0 Å². The molecule has 0 spiro atoms. The van der Waals surface area contributed by atoms with E-state index in [2.05, 4.69) is 46.6 Å². The highest BCUT2D eigenvalue weighted by Gasteiger charge is 2.27. The molecular weight excluding hydrogens is 462 g/mol. The minimum atomic E-state index is -3.85. The first-order chi connectivity index (χ1) is 16.5. The standard InChI is InChI=1S/C27H31N3O4S/c1-18-6-5-7-23(15-18)30-13-12-29(17-21(30)4)25-10-9-22(16-24(25)27(31)32)28-35(33,34)26-11-8-19(2)14-20(26)3/h5-11,14-16,21,28H,12-13,17H2,1-4H3,(H,31,32)/t21-/m1/s1. The molecule has 1 atom stereocenters. The van der Waals surface area contributed by atoms with Crippen LogP contribution in [-0.4, -0.2) is 45.2 Å². The molecule has 0 aliphatic carbocycles. The van der Waals surface area contributed by atoms with Gasteiger partial charge in [0.05, 0.1) is 16.1 Å². The van der Waals surface area contributed by atoms with E-state index < -0.39 is 16.0 Å². The number of piperazine rings is 1. The van der Waals surface area contributed by atoms with Crippen molar-refractivity contribution >= 4 is 33.1 Å². The van der Waals surface area contributed by atoms with E-state index in [4.69, 9.17) is 0 Å². The van der Waals surface area contributed by atoms with Gasteiger partial charge >= 0.3 is 5.97 Å². The maximum Gasteiger partial charge on any atom is 0.337 e. The summed E-state index contributed by atoms with van der Waals surface area (Å²) >= 11 is 0. The molecule has 1 saturated heterocycles. The first-order valence-electron chi connectivity index (χ1n) is 11.6. The molecule has 0 aromatic heterocycles. The topological polar surface area (TPSA) is 90.0 Å². The highest BCUT2D eigenvalue weighted by molar-refractivity contribution is 7.92. The number of anilines is 3. The molecule has 35 heavy (non-hydrogen) atoms. The fourth-order valence-corrected chi connectivity index (χ4v) is 6.00. The second-order valence-electron chi connectivity index (χ2n) is 9.24. The van der Waals surface area contributed by atoms with Gasteiger partial charge in [0.2, 0.25) is 0 Å². The van der Waals surface area contributed by atoms with Gasteiger partial charge in [-0.05, 0) is 75.2 Å². The van der Waals surface area contributed by atoms with Gasteiger partial charge in [0, 0.05) is 37.1 Å². The molecule has 0 radical (unpaired) electrons. The van der Waals surface area contributed by atoms with Gasteiger partial charge < -0.3 is 14.9 Å². The number of carbonyl (C=O) groups is 1. The molecule has 8 heteroatoms. The number of aromatic carboxylic acids is 1. The van der Waals surface area contributed by atoms with Gasteiger partial charge in [-0.3, -0.25) is 4.72 Å². The van der Waals surface area contributed by atoms with Crippen molar-refractivity contribution in [3.63, 3.8) is 0 Å². The second-order valence-corrected chi connectivity index (χ2v) is 10.9. The van der Waals surface area contributed by atoms with Crippen LogP contribution < -0.4 is 14.5 Å². The summed E-state index contributed by atoms with van der Waals surface area (Å²) in [6, 6.07) is 18.4. The summed E-state index contributed by atoms with van der Waals surface area (Å²) < 4.78 is 28.5. The Morgan fingerprint density at radius 2 is 1.71 bits per heavy atom. The molecule has 1 fully saturated rings. The lowest BCUT2D eigenvalue weighted by atomic mass is 10.1. The zero-order chi connectivity index (χ0) is 25.3. The minimum absolute atomic E-state index is 0.0713. The number of carboxylic acids is 1. The Hall–Kier alpha value is -3.52. The summed E-state index contributed by atoms with van der Waals surface area (Å²) in [6.07, 6.45) is 0. The van der Waals surface area contributed by atoms with E-state index in [0.717, 1.165) is 17.8 Å². The van der Waals surface area contributed by atoms with Crippen LogP contribution in [0.15, 0.2) is 65.6 Å². The summed E-state index contributed by atoms with van der Waals surface area (Å²) in [7, 11) is -3.85. The predicted molar refractivity (Wildman–Crippen MR) is 140 cm³/mol. The van der Waals surface area contributed by atoms with Crippen LogP contribution in [0.2, 0.25) is 0 Å². The van der Waals surface area contributed by atoms with Crippen LogP contribution in [0.4, 0.5) is 17.1 Å². The normalized spacial score (nSPS) is 16.3. The molecule has 3 aromatic carbocycles. The van der Waals surface area contributed by atoms with Crippen molar-refractivity contribution in [2.75, 3.05) is 34.2 Å². The van der Waals surface area contributed by atoms with Crippen molar-refractivity contribution in [1.82, 2.24) is 0 Å². The van der Waals surface area contributed by atoms with Crippen molar-refractivity contribution in [2.24, 2.45) is 0 Å². The van der Waals surface area contributed by atoms with Crippen molar-refractivity contribution in [3.05, 3.63) is 82.9 Å². The van der Waals surface area contributed by atoms with Crippen LogP contribution in [0.5, 0.6) is 0 Å². The Morgan fingerprint density at radius 1 is 0.971 bits per heavy atom. The predicted octanol–water partition coefficient (Wildman–Crippen LogP) is 4.83. The Balaban J connectivity index is 1.57. The van der Waals surface area contributed by atoms with Crippen molar-refractivity contribution in [3.8, 4) is 0 Å². The number of carboxylic acid groups (broad SMARTS) is 1. The summed E-state index contributed by atoms with van der Waals surface area (Å²) in [5, 5.41) is 9.92. The fourth-order valence-electron chi connectivity index (χ4n) is 4.72. The van der Waals surface area contributed by atoms with Crippen molar-refractivity contribution in [2.45, 2.75) is 38.6 Å². The van der Waals surface area contributed by atoms with E-state index in [1.165, 1.54) is 11.6 Å². The maximum atomic E-state index is 13.0. The van der Waals surface area contributed by atoms with Crippen molar-refractivity contribution in [1.29, 1.82) is 0 Å². The lowest BCUT2D eigenvalue weighted by Crippen LogP contribution is -2.52. The summed E-state index contributed by atoms with van der Waals surface area (Å²) in [6.45, 7) is 9.90. The lowest BCUT2D eigenvalue weighted by Gasteiger charge is -2.42. The van der Waals surface area contributed by atoms with E-state index in [0.29, 0.717) is 24.3 Å². The Morgan fingerprint density at radius 3 is 2.37 bits per heavy atom. The van der Waals surface area contributed by atoms with Gasteiger partial charge in [-0.2, -0.15) is 0 Å². The average Bonchev–Trinajstić information content (AvgIpc) is 2.78. The van der Waals surface area contributed by atoms with Gasteiger partial charge in [-0.15, -0.1) is 0 Å². The molecule has 1 aliphatic heterocycles. The molecule has 2 N–H and O–H groups in total. The molecule has 184 valence electrons. The van der Waals surface area contributed by atoms with Crippen LogP contribution in [-0.2, 0) is 10.0 Å². The molecule has 4 rings (SSSR count). The Labute approximate surface area is 207 Å². The van der Waals surface area contributed by atoms with Crippen molar-refractivity contribution < 1.29 is 18.3 Å². The zero-order valence-corrected chi connectivity index (χ0v) is 21.3. The molecule has 0 amide bonds. The number of rotatable bonds is 6. The number of nitrogens with zero attached hydrogens (tertiary/aromatic N) is 2. The molecule has 1 aliphatic rings. The molecule has 0 unspecified atom stereocenters. The van der Waals surface area contributed by atoms with Crippen LogP contribution >= 0.6 is 0 Å². The summed E-state index contributed by atoms with van der Waals surface area (Å²) in [5.41, 5.74) is 4.84. The monoisotopic (exact) mass is 493 g/mol. The maximum absolute atomic E-state index is 13.0. The van der Waals surface area contributed by atoms with E-state index >= 15 is 0 Å². The van der Waals surface area contributed by atoms with Gasteiger partial charge in [-0.25, -0.2) is 13.2 Å². The second kappa shape index (κ2) is 9.62. The molecular formula is C27H31N3O4S. The number of nitrogens with one attached hydrogen (secondary N) is 1. The zero-order valence-electron chi connectivity index (χ0n) is 20.4. The van der Waals surface area contributed by atoms with Gasteiger partial charge in [-0.1, -0.05) is 29.8 Å². The molecule has 3 aromatic rings. The van der Waals surface area contributed by atoms with Crippen LogP contribution in [0.1, 0.15) is 34.0 Å². The third kappa shape index (κ3) is 5.27. The number of hydrogen-bond donors (Lipinski definition) is 2. The number of hydrogen-bond acceptors (Lipinski definition) is 5. The molecule has 1 heterocycles. The largest absolute Gasteiger partial charge is 0.478 e. The number of benzene rings is 3. The number of aryl methyl sites for hydroxylation is 3.